The minimum Gasteiger partial charge on any atom is -0.397 e. The highest BCUT2D eigenvalue weighted by Crippen LogP contribution is 2.33. The van der Waals surface area contributed by atoms with E-state index in [1.165, 1.54) is 38.4 Å². The molecular weight excluding hydrogens is 362 g/mol. The van der Waals surface area contributed by atoms with Gasteiger partial charge in [-0.3, -0.25) is 4.57 Å². The van der Waals surface area contributed by atoms with Crippen molar-refractivity contribution in [3.63, 3.8) is 0 Å². The normalized spacial score (nSPS) is 28.8. The van der Waals surface area contributed by atoms with Crippen molar-refractivity contribution in [2.75, 3.05) is 24.2 Å². The zero-order valence-corrected chi connectivity index (χ0v) is 15.9. The molecule has 1 saturated heterocycles. The van der Waals surface area contributed by atoms with Gasteiger partial charge in [-0.05, 0) is 12.3 Å². The summed E-state index contributed by atoms with van der Waals surface area (Å²) in [5, 5.41) is 33.0. The number of hydrogen-bond acceptors (Lipinski definition) is 8. The minimum absolute atomic E-state index is 0.384. The van der Waals surface area contributed by atoms with Gasteiger partial charge in [-0.25, -0.2) is 9.97 Å². The van der Waals surface area contributed by atoms with Gasteiger partial charge in [-0.2, -0.15) is 0 Å². The van der Waals surface area contributed by atoms with Crippen LogP contribution in [0.25, 0.3) is 11.2 Å². The standard InChI is InChI=1S/C19H29N5O4/c20-12-8-14(21-7-6-11-4-2-1-3-5-11)23-18-15(12)22-10-24(18)19-17(27)16(26)13(9-25)28-19/h8,10-11,13,16-17,19,25-27H,1-7,9H2,(H3,20,21,23)/t13-,16-,17-,19-/m1/s1. The van der Waals surface area contributed by atoms with E-state index in [1.807, 2.05) is 0 Å². The lowest BCUT2D eigenvalue weighted by molar-refractivity contribution is -0.0511. The summed E-state index contributed by atoms with van der Waals surface area (Å²) in [4.78, 5) is 8.89. The third-order valence-corrected chi connectivity index (χ3v) is 5.93. The van der Waals surface area contributed by atoms with Crippen molar-refractivity contribution in [3.8, 4) is 0 Å². The molecule has 4 atom stereocenters. The van der Waals surface area contributed by atoms with Gasteiger partial charge >= 0.3 is 0 Å². The Kier molecular flexibility index (Phi) is 5.68. The fourth-order valence-corrected chi connectivity index (χ4v) is 4.30. The minimum atomic E-state index is -1.19. The molecule has 0 bridgehead atoms. The molecule has 0 amide bonds. The number of imidazole rings is 1. The summed E-state index contributed by atoms with van der Waals surface area (Å²) in [7, 11) is 0. The topological polar surface area (TPSA) is 139 Å². The fraction of sp³-hybridized carbons (Fsp3) is 0.684. The molecule has 0 aromatic carbocycles. The summed E-state index contributed by atoms with van der Waals surface area (Å²) in [6.45, 7) is 0.440. The first-order valence-corrected chi connectivity index (χ1v) is 10.1. The molecule has 28 heavy (non-hydrogen) atoms. The second-order valence-corrected chi connectivity index (χ2v) is 7.87. The van der Waals surface area contributed by atoms with Crippen molar-refractivity contribution in [1.29, 1.82) is 0 Å². The van der Waals surface area contributed by atoms with Crippen molar-refractivity contribution < 1.29 is 20.1 Å². The van der Waals surface area contributed by atoms with Crippen LogP contribution in [-0.2, 0) is 4.74 Å². The van der Waals surface area contributed by atoms with Crippen molar-refractivity contribution in [1.82, 2.24) is 14.5 Å². The molecule has 9 nitrogen and oxygen atoms in total. The number of pyridine rings is 1. The lowest BCUT2D eigenvalue weighted by atomic mass is 9.87. The highest BCUT2D eigenvalue weighted by atomic mass is 16.6. The Labute approximate surface area is 163 Å². The van der Waals surface area contributed by atoms with Gasteiger partial charge in [0.1, 0.15) is 29.6 Å². The van der Waals surface area contributed by atoms with Gasteiger partial charge in [0.05, 0.1) is 18.6 Å². The third kappa shape index (κ3) is 3.67. The van der Waals surface area contributed by atoms with E-state index in [0.717, 1.165) is 18.9 Å². The maximum absolute atomic E-state index is 10.3. The van der Waals surface area contributed by atoms with Gasteiger partial charge in [0.25, 0.3) is 0 Å². The lowest BCUT2D eigenvalue weighted by Gasteiger charge is -2.21. The van der Waals surface area contributed by atoms with Crippen LogP contribution in [0.3, 0.4) is 0 Å². The zero-order chi connectivity index (χ0) is 19.7. The molecule has 0 spiro atoms. The van der Waals surface area contributed by atoms with Gasteiger partial charge in [0.15, 0.2) is 11.9 Å². The SMILES string of the molecule is Nc1cc(NCCC2CCCCC2)nc2c1ncn2[C@@H]1O[C@H](CO)[C@@H](O)[C@H]1O. The van der Waals surface area contributed by atoms with E-state index < -0.39 is 24.5 Å². The molecular formula is C19H29N5O4. The molecule has 9 heteroatoms. The van der Waals surface area contributed by atoms with E-state index >= 15 is 0 Å². The maximum atomic E-state index is 10.3. The Hall–Kier alpha value is -1.94. The Morgan fingerprint density at radius 2 is 2.00 bits per heavy atom. The number of aromatic nitrogens is 3. The van der Waals surface area contributed by atoms with Crippen molar-refractivity contribution in [3.05, 3.63) is 12.4 Å². The highest BCUT2D eigenvalue weighted by Gasteiger charge is 2.44. The van der Waals surface area contributed by atoms with Crippen molar-refractivity contribution >= 4 is 22.7 Å². The second kappa shape index (κ2) is 8.20. The van der Waals surface area contributed by atoms with E-state index in [4.69, 9.17) is 10.5 Å². The molecule has 2 aromatic heterocycles. The predicted octanol–water partition coefficient (Wildman–Crippen LogP) is 1.01. The Morgan fingerprint density at radius 1 is 1.21 bits per heavy atom. The molecule has 3 heterocycles. The number of aliphatic hydroxyl groups is 3. The molecule has 0 radical (unpaired) electrons. The molecule has 0 unspecified atom stereocenters. The Bertz CT molecular complexity index is 807. The van der Waals surface area contributed by atoms with Crippen molar-refractivity contribution in [2.24, 2.45) is 5.92 Å². The first-order valence-electron chi connectivity index (χ1n) is 10.1. The Morgan fingerprint density at radius 3 is 2.71 bits per heavy atom. The van der Waals surface area contributed by atoms with Gasteiger partial charge in [-0.15, -0.1) is 0 Å². The number of nitrogens with one attached hydrogen (secondary N) is 1. The van der Waals surface area contributed by atoms with Crippen LogP contribution in [-0.4, -0.2) is 61.3 Å². The average molecular weight is 391 g/mol. The van der Waals surface area contributed by atoms with E-state index in [2.05, 4.69) is 15.3 Å². The van der Waals surface area contributed by atoms with Crippen LogP contribution in [0.15, 0.2) is 12.4 Å². The quantitative estimate of drug-likeness (QED) is 0.492. The van der Waals surface area contributed by atoms with Crippen LogP contribution >= 0.6 is 0 Å². The number of rotatable bonds is 6. The van der Waals surface area contributed by atoms with Gasteiger partial charge in [0.2, 0.25) is 0 Å². The molecule has 154 valence electrons. The van der Waals surface area contributed by atoms with Crippen LogP contribution in [0.4, 0.5) is 11.5 Å². The monoisotopic (exact) mass is 391 g/mol. The summed E-state index contributed by atoms with van der Waals surface area (Å²) in [5.74, 6) is 1.42. The molecule has 1 aliphatic carbocycles. The number of nitrogens with two attached hydrogens (primary N) is 1. The van der Waals surface area contributed by atoms with Crippen molar-refractivity contribution in [2.45, 2.75) is 63.1 Å². The predicted molar refractivity (Wildman–Crippen MR) is 105 cm³/mol. The van der Waals surface area contributed by atoms with Gasteiger partial charge in [-0.1, -0.05) is 32.1 Å². The van der Waals surface area contributed by atoms with E-state index in [-0.39, 0.29) is 6.61 Å². The van der Waals surface area contributed by atoms with Crippen LogP contribution in [0.5, 0.6) is 0 Å². The smallest absolute Gasteiger partial charge is 0.166 e. The van der Waals surface area contributed by atoms with Gasteiger partial charge < -0.3 is 31.1 Å². The lowest BCUT2D eigenvalue weighted by Crippen LogP contribution is -2.33. The van der Waals surface area contributed by atoms with Crippen LogP contribution in [0.1, 0.15) is 44.8 Å². The highest BCUT2D eigenvalue weighted by molar-refractivity contribution is 5.86. The molecule has 4 rings (SSSR count). The molecule has 1 aliphatic heterocycles. The maximum Gasteiger partial charge on any atom is 0.166 e. The van der Waals surface area contributed by atoms with E-state index in [1.54, 1.807) is 10.6 Å². The average Bonchev–Trinajstić information content (AvgIpc) is 3.24. The number of anilines is 2. The number of nitrogens with zero attached hydrogens (tertiary/aromatic N) is 3. The summed E-state index contributed by atoms with van der Waals surface area (Å²) < 4.78 is 7.16. The fourth-order valence-electron chi connectivity index (χ4n) is 4.30. The van der Waals surface area contributed by atoms with Gasteiger partial charge in [0, 0.05) is 12.6 Å². The number of aliphatic hydroxyl groups excluding tert-OH is 3. The first kappa shape index (κ1) is 19.4. The summed E-state index contributed by atoms with van der Waals surface area (Å²) >= 11 is 0. The summed E-state index contributed by atoms with van der Waals surface area (Å²) in [5.41, 5.74) is 7.61. The summed E-state index contributed by atoms with van der Waals surface area (Å²) in [6.07, 6.45) is 5.08. The molecule has 2 fully saturated rings. The number of ether oxygens (including phenoxy) is 1. The number of hydrogen-bond donors (Lipinski definition) is 5. The number of fused-ring (bicyclic) bond motifs is 1. The molecule has 1 saturated carbocycles. The molecule has 2 aromatic rings. The second-order valence-electron chi connectivity index (χ2n) is 7.87. The van der Waals surface area contributed by atoms with E-state index in [0.29, 0.717) is 22.7 Å². The zero-order valence-electron chi connectivity index (χ0n) is 15.9. The van der Waals surface area contributed by atoms with Crippen LogP contribution in [0.2, 0.25) is 0 Å². The molecule has 6 N–H and O–H groups in total. The van der Waals surface area contributed by atoms with Crippen LogP contribution in [0, 0.1) is 5.92 Å². The summed E-state index contributed by atoms with van der Waals surface area (Å²) in [6, 6.07) is 1.76. The molecule has 2 aliphatic rings. The first-order chi connectivity index (χ1) is 13.6. The third-order valence-electron chi connectivity index (χ3n) is 5.93. The largest absolute Gasteiger partial charge is 0.397 e. The number of nitrogen functional groups attached to an aromatic ring is 1. The van der Waals surface area contributed by atoms with E-state index in [9.17, 15) is 15.3 Å². The van der Waals surface area contributed by atoms with Crippen LogP contribution < -0.4 is 11.1 Å². The Balaban J connectivity index is 1.51.